The van der Waals surface area contributed by atoms with Crippen LogP contribution in [0.25, 0.3) is 0 Å². The topological polar surface area (TPSA) is 137 Å². The molecule has 10 heteroatoms. The smallest absolute Gasteiger partial charge is 0.330 e. The number of fused-ring (bicyclic) bond motifs is 1. The molecule has 0 saturated heterocycles. The van der Waals surface area contributed by atoms with Crippen molar-refractivity contribution in [2.75, 3.05) is 6.61 Å². The van der Waals surface area contributed by atoms with Crippen molar-refractivity contribution in [2.24, 2.45) is 0 Å². The van der Waals surface area contributed by atoms with Crippen LogP contribution in [0.15, 0.2) is 30.6 Å². The van der Waals surface area contributed by atoms with Crippen molar-refractivity contribution >= 4 is 17.6 Å². The molecule has 1 aromatic heterocycles. The van der Waals surface area contributed by atoms with E-state index in [1.165, 1.54) is 0 Å². The number of benzene rings is 1. The third-order valence-corrected chi connectivity index (χ3v) is 3.74. The van der Waals surface area contributed by atoms with Crippen LogP contribution in [0.1, 0.15) is 17.2 Å². The van der Waals surface area contributed by atoms with Gasteiger partial charge in [0, 0.05) is 6.42 Å². The van der Waals surface area contributed by atoms with E-state index in [4.69, 9.17) is 4.74 Å². The fourth-order valence-electron chi connectivity index (χ4n) is 2.56. The Morgan fingerprint density at radius 1 is 1.48 bits per heavy atom. The van der Waals surface area contributed by atoms with E-state index in [-0.39, 0.29) is 12.2 Å². The van der Waals surface area contributed by atoms with Crippen molar-refractivity contribution in [3.8, 4) is 5.75 Å². The number of rotatable bonds is 6. The molecular formula is C15H14N4O6. The Morgan fingerprint density at radius 3 is 2.96 bits per heavy atom. The number of carboxylic acids is 1. The lowest BCUT2D eigenvalue weighted by atomic mass is 10.0. The fourth-order valence-corrected chi connectivity index (χ4v) is 2.56. The fraction of sp³-hybridized carbons (Fsp3) is 0.267. The van der Waals surface area contributed by atoms with Gasteiger partial charge in [0.15, 0.2) is 6.04 Å². The van der Waals surface area contributed by atoms with Gasteiger partial charge in [-0.3, -0.25) is 19.6 Å². The molecule has 25 heavy (non-hydrogen) atoms. The number of nitrogens with one attached hydrogen (secondary N) is 1. The lowest BCUT2D eigenvalue weighted by Gasteiger charge is -2.15. The van der Waals surface area contributed by atoms with Crippen LogP contribution in [0, 0.1) is 10.1 Å². The van der Waals surface area contributed by atoms with E-state index in [1.807, 2.05) is 0 Å². The molecule has 1 unspecified atom stereocenters. The highest BCUT2D eigenvalue weighted by molar-refractivity contribution is 5.84. The van der Waals surface area contributed by atoms with E-state index in [1.54, 1.807) is 18.2 Å². The van der Waals surface area contributed by atoms with Crippen LogP contribution in [0.5, 0.6) is 5.75 Å². The van der Waals surface area contributed by atoms with Crippen LogP contribution in [0.2, 0.25) is 0 Å². The van der Waals surface area contributed by atoms with Gasteiger partial charge >= 0.3 is 11.7 Å². The number of nitrogens with zero attached hydrogens (tertiary/aromatic N) is 3. The van der Waals surface area contributed by atoms with Gasteiger partial charge in [-0.1, -0.05) is 6.07 Å². The molecule has 3 rings (SSSR count). The first-order valence-corrected chi connectivity index (χ1v) is 7.38. The second-order valence-corrected chi connectivity index (χ2v) is 5.46. The Bertz CT molecular complexity index is 846. The zero-order valence-electron chi connectivity index (χ0n) is 12.9. The Balaban J connectivity index is 1.72. The van der Waals surface area contributed by atoms with Crippen molar-refractivity contribution in [1.29, 1.82) is 0 Å². The van der Waals surface area contributed by atoms with Gasteiger partial charge in [0.05, 0.1) is 11.5 Å². The maximum Gasteiger partial charge on any atom is 0.330 e. The third-order valence-electron chi connectivity index (χ3n) is 3.74. The summed E-state index contributed by atoms with van der Waals surface area (Å²) >= 11 is 0. The Labute approximate surface area is 141 Å². The molecule has 0 aliphatic carbocycles. The van der Waals surface area contributed by atoms with E-state index in [9.17, 15) is 24.8 Å². The van der Waals surface area contributed by atoms with Crippen molar-refractivity contribution in [1.82, 2.24) is 15.1 Å². The summed E-state index contributed by atoms with van der Waals surface area (Å²) in [7, 11) is 0. The average molecular weight is 346 g/mol. The highest BCUT2D eigenvalue weighted by Gasteiger charge is 2.24. The highest BCUT2D eigenvalue weighted by atomic mass is 16.6. The molecule has 2 N–H and O–H groups in total. The summed E-state index contributed by atoms with van der Waals surface area (Å²) in [5, 5.41) is 26.1. The summed E-state index contributed by atoms with van der Waals surface area (Å²) in [6.45, 7) is 0.215. The Hall–Kier alpha value is -3.43. The summed E-state index contributed by atoms with van der Waals surface area (Å²) in [6.07, 6.45) is 2.80. The number of hydrogen-bond acceptors (Lipinski definition) is 6. The predicted molar refractivity (Wildman–Crippen MR) is 83.0 cm³/mol. The molecule has 130 valence electrons. The largest absolute Gasteiger partial charge is 0.493 e. The minimum absolute atomic E-state index is 0.249. The van der Waals surface area contributed by atoms with Crippen LogP contribution < -0.4 is 10.1 Å². The number of carbonyl (C=O) groups is 2. The van der Waals surface area contributed by atoms with Gasteiger partial charge in [0.2, 0.25) is 5.91 Å². The van der Waals surface area contributed by atoms with Crippen molar-refractivity contribution in [2.45, 2.75) is 19.0 Å². The molecular weight excluding hydrogens is 332 g/mol. The molecule has 1 aromatic carbocycles. The van der Waals surface area contributed by atoms with E-state index < -0.39 is 22.8 Å². The molecule has 0 saturated carbocycles. The van der Waals surface area contributed by atoms with Gasteiger partial charge < -0.3 is 15.2 Å². The van der Waals surface area contributed by atoms with Crippen LogP contribution in [-0.4, -0.2) is 38.3 Å². The number of aliphatic carboxylic acids is 1. The van der Waals surface area contributed by atoms with Crippen molar-refractivity contribution in [3.05, 3.63) is 51.8 Å². The van der Waals surface area contributed by atoms with E-state index >= 15 is 0 Å². The third kappa shape index (κ3) is 3.57. The maximum atomic E-state index is 12.1. The van der Waals surface area contributed by atoms with E-state index in [2.05, 4.69) is 10.4 Å². The standard InChI is InChI=1S/C15H14N4O6/c20-13(8-18-7-11(6-16-18)19(23)24)17-14(15(21)22)10-1-2-12-9(5-10)3-4-25-12/h1-2,5-7,14H,3-4,8H2,(H,17,20)(H,21,22). The van der Waals surface area contributed by atoms with Gasteiger partial charge in [-0.25, -0.2) is 4.79 Å². The number of hydrogen-bond donors (Lipinski definition) is 2. The first kappa shape index (κ1) is 16.4. The van der Waals surface area contributed by atoms with E-state index in [0.29, 0.717) is 24.3 Å². The monoisotopic (exact) mass is 346 g/mol. The molecule has 1 amide bonds. The molecule has 1 aliphatic heterocycles. The second kappa shape index (κ2) is 6.59. The summed E-state index contributed by atoms with van der Waals surface area (Å²) in [4.78, 5) is 33.6. The summed E-state index contributed by atoms with van der Waals surface area (Å²) in [5.74, 6) is -1.12. The molecule has 0 bridgehead atoms. The number of carbonyl (C=O) groups excluding carboxylic acids is 1. The molecule has 0 radical (unpaired) electrons. The average Bonchev–Trinajstić information content (AvgIpc) is 3.20. The first-order chi connectivity index (χ1) is 11.9. The Kier molecular flexibility index (Phi) is 4.33. The molecule has 1 atom stereocenters. The number of ether oxygens (including phenoxy) is 1. The first-order valence-electron chi connectivity index (χ1n) is 7.38. The van der Waals surface area contributed by atoms with Gasteiger partial charge in [-0.2, -0.15) is 5.10 Å². The molecule has 10 nitrogen and oxygen atoms in total. The minimum atomic E-state index is -1.23. The van der Waals surface area contributed by atoms with Crippen LogP contribution in [-0.2, 0) is 22.6 Å². The molecule has 2 aromatic rings. The zero-order chi connectivity index (χ0) is 18.0. The summed E-state index contributed by atoms with van der Waals surface area (Å²) < 4.78 is 6.45. The van der Waals surface area contributed by atoms with Crippen molar-refractivity contribution < 1.29 is 24.4 Å². The highest BCUT2D eigenvalue weighted by Crippen LogP contribution is 2.28. The number of carboxylic acid groups (broad SMARTS) is 1. The predicted octanol–water partition coefficient (Wildman–Crippen LogP) is 0.668. The summed E-state index contributed by atoms with van der Waals surface area (Å²) in [5.41, 5.74) is 1.07. The normalized spacial score (nSPS) is 13.6. The van der Waals surface area contributed by atoms with Gasteiger partial charge in [0.25, 0.3) is 0 Å². The molecule has 2 heterocycles. The van der Waals surface area contributed by atoms with Gasteiger partial charge in [0.1, 0.15) is 24.7 Å². The van der Waals surface area contributed by atoms with Gasteiger partial charge in [-0.15, -0.1) is 0 Å². The SMILES string of the molecule is O=C(Cn1cc([N+](=O)[O-])cn1)NC(C(=O)O)c1ccc2c(c1)CCO2. The Morgan fingerprint density at radius 2 is 2.28 bits per heavy atom. The van der Waals surface area contributed by atoms with Crippen LogP contribution in [0.4, 0.5) is 5.69 Å². The lowest BCUT2D eigenvalue weighted by molar-refractivity contribution is -0.385. The quantitative estimate of drug-likeness (QED) is 0.579. The number of aromatic nitrogens is 2. The zero-order valence-corrected chi connectivity index (χ0v) is 12.9. The van der Waals surface area contributed by atoms with Crippen LogP contribution in [0.3, 0.4) is 0 Å². The van der Waals surface area contributed by atoms with Gasteiger partial charge in [-0.05, 0) is 23.3 Å². The molecule has 0 spiro atoms. The lowest BCUT2D eigenvalue weighted by Crippen LogP contribution is -2.36. The molecule has 0 fully saturated rings. The summed E-state index contributed by atoms with van der Waals surface area (Å²) in [6, 6.07) is 3.72. The van der Waals surface area contributed by atoms with Crippen LogP contribution >= 0.6 is 0 Å². The maximum absolute atomic E-state index is 12.1. The molecule has 1 aliphatic rings. The minimum Gasteiger partial charge on any atom is -0.493 e. The van der Waals surface area contributed by atoms with E-state index in [0.717, 1.165) is 22.6 Å². The number of amides is 1. The van der Waals surface area contributed by atoms with Crippen molar-refractivity contribution in [3.63, 3.8) is 0 Å². The second-order valence-electron chi connectivity index (χ2n) is 5.46. The number of nitro groups is 1.